The number of hydrogen-bond donors (Lipinski definition) is 2. The van der Waals surface area contributed by atoms with Gasteiger partial charge in [-0.2, -0.15) is 0 Å². The molecule has 1 fully saturated rings. The Hall–Kier alpha value is -0.930. The lowest BCUT2D eigenvalue weighted by Crippen LogP contribution is -2.30. The van der Waals surface area contributed by atoms with Crippen LogP contribution in [0.3, 0.4) is 0 Å². The molecule has 0 amide bonds. The Kier molecular flexibility index (Phi) is 4.72. The van der Waals surface area contributed by atoms with E-state index in [1.807, 2.05) is 12.1 Å². The van der Waals surface area contributed by atoms with Gasteiger partial charge in [-0.3, -0.25) is 0 Å². The van der Waals surface area contributed by atoms with Gasteiger partial charge >= 0.3 is 0 Å². The lowest BCUT2D eigenvalue weighted by Gasteiger charge is -2.26. The maximum Gasteiger partial charge on any atom is 0.126 e. The van der Waals surface area contributed by atoms with Crippen LogP contribution in [0.25, 0.3) is 0 Å². The molecule has 1 aliphatic rings. The van der Waals surface area contributed by atoms with E-state index in [1.54, 1.807) is 13.0 Å². The Balaban J connectivity index is 1.87. The lowest BCUT2D eigenvalue weighted by atomic mass is 9.83. The van der Waals surface area contributed by atoms with Gasteiger partial charge in [-0.05, 0) is 43.0 Å². The number of benzene rings is 1. The largest absolute Gasteiger partial charge is 0.329 e. The maximum absolute atomic E-state index is 13.5. The minimum atomic E-state index is -0.147. The van der Waals surface area contributed by atoms with Crippen molar-refractivity contribution in [2.24, 2.45) is 11.7 Å². The van der Waals surface area contributed by atoms with Gasteiger partial charge in [0.15, 0.2) is 0 Å². The van der Waals surface area contributed by atoms with E-state index in [1.165, 1.54) is 25.7 Å². The number of aryl methyl sites for hydroxylation is 1. The van der Waals surface area contributed by atoms with E-state index < -0.39 is 0 Å². The summed E-state index contributed by atoms with van der Waals surface area (Å²) in [5.41, 5.74) is 7.41. The minimum absolute atomic E-state index is 0.0696. The van der Waals surface area contributed by atoms with Crippen LogP contribution in [0.5, 0.6) is 0 Å². The van der Waals surface area contributed by atoms with Gasteiger partial charge in [0.05, 0.1) is 0 Å². The molecule has 3 heteroatoms. The maximum atomic E-state index is 13.5. The predicted molar refractivity (Wildman–Crippen MR) is 72.9 cm³/mol. The van der Waals surface area contributed by atoms with E-state index in [2.05, 4.69) is 5.32 Å². The molecule has 1 saturated carbocycles. The summed E-state index contributed by atoms with van der Waals surface area (Å²) < 4.78 is 13.5. The molecule has 0 bridgehead atoms. The Morgan fingerprint density at radius 3 is 2.78 bits per heavy atom. The number of nitrogens with two attached hydrogens (primary N) is 1. The van der Waals surface area contributed by atoms with Crippen LogP contribution in [0.15, 0.2) is 18.2 Å². The third-order valence-electron chi connectivity index (χ3n) is 4.00. The molecule has 0 radical (unpaired) electrons. The highest BCUT2D eigenvalue weighted by atomic mass is 19.1. The average Bonchev–Trinajstić information content (AvgIpc) is 2.31. The van der Waals surface area contributed by atoms with Gasteiger partial charge in [-0.25, -0.2) is 4.39 Å². The molecule has 0 spiro atoms. The van der Waals surface area contributed by atoms with Crippen molar-refractivity contribution in [2.45, 2.75) is 38.6 Å². The summed E-state index contributed by atoms with van der Waals surface area (Å²) in [7, 11) is 0. The van der Waals surface area contributed by atoms with Crippen LogP contribution in [0.4, 0.5) is 4.39 Å². The van der Waals surface area contributed by atoms with Gasteiger partial charge in [0.25, 0.3) is 0 Å². The molecular weight excluding hydrogens is 227 g/mol. The highest BCUT2D eigenvalue weighted by molar-refractivity contribution is 5.26. The number of nitrogens with one attached hydrogen (secondary N) is 1. The fraction of sp³-hybridized carbons (Fsp3) is 0.600. The van der Waals surface area contributed by atoms with Crippen LogP contribution in [0, 0.1) is 18.7 Å². The van der Waals surface area contributed by atoms with Gasteiger partial charge in [0.1, 0.15) is 5.82 Å². The van der Waals surface area contributed by atoms with Crippen LogP contribution in [0.2, 0.25) is 0 Å². The van der Waals surface area contributed by atoms with Crippen LogP contribution in [-0.4, -0.2) is 13.1 Å². The Labute approximate surface area is 109 Å². The summed E-state index contributed by atoms with van der Waals surface area (Å²) in [6, 6.07) is 5.45. The van der Waals surface area contributed by atoms with E-state index >= 15 is 0 Å². The molecule has 2 rings (SSSR count). The second-order valence-corrected chi connectivity index (χ2v) is 5.34. The zero-order valence-corrected chi connectivity index (χ0v) is 11.1. The lowest BCUT2D eigenvalue weighted by molar-refractivity contribution is 0.288. The van der Waals surface area contributed by atoms with Crippen LogP contribution < -0.4 is 11.1 Å². The highest BCUT2D eigenvalue weighted by Gasteiger charge is 2.17. The normalized spacial score (nSPS) is 17.5. The van der Waals surface area contributed by atoms with Gasteiger partial charge in [-0.1, -0.05) is 31.4 Å². The van der Waals surface area contributed by atoms with Crippen molar-refractivity contribution in [3.8, 4) is 0 Å². The van der Waals surface area contributed by atoms with Crippen molar-refractivity contribution >= 4 is 0 Å². The van der Waals surface area contributed by atoms with Crippen LogP contribution in [0.1, 0.15) is 42.9 Å². The summed E-state index contributed by atoms with van der Waals surface area (Å²) in [4.78, 5) is 0. The second kappa shape index (κ2) is 6.30. The van der Waals surface area contributed by atoms with E-state index in [0.29, 0.717) is 12.1 Å². The number of hydrogen-bond acceptors (Lipinski definition) is 2. The van der Waals surface area contributed by atoms with Gasteiger partial charge in [0.2, 0.25) is 0 Å². The molecule has 0 aliphatic heterocycles. The van der Waals surface area contributed by atoms with Crippen molar-refractivity contribution in [3.63, 3.8) is 0 Å². The Morgan fingerprint density at radius 1 is 1.44 bits per heavy atom. The van der Waals surface area contributed by atoms with E-state index in [9.17, 15) is 4.39 Å². The Morgan fingerprint density at radius 2 is 2.22 bits per heavy atom. The topological polar surface area (TPSA) is 38.0 Å². The number of rotatable bonds is 6. The molecule has 100 valence electrons. The molecule has 1 atom stereocenters. The second-order valence-electron chi connectivity index (χ2n) is 5.34. The molecule has 1 aliphatic carbocycles. The monoisotopic (exact) mass is 250 g/mol. The first kappa shape index (κ1) is 13.5. The first-order valence-corrected chi connectivity index (χ1v) is 6.90. The van der Waals surface area contributed by atoms with Crippen molar-refractivity contribution in [1.82, 2.24) is 5.32 Å². The SMILES string of the molecule is Cc1ccc(C(CN)NCCC2CCC2)cc1F. The minimum Gasteiger partial charge on any atom is -0.329 e. The van der Waals surface area contributed by atoms with E-state index in [4.69, 9.17) is 5.73 Å². The first-order valence-electron chi connectivity index (χ1n) is 6.90. The standard InChI is InChI=1S/C15H23FN2/c1-11-5-6-13(9-14(11)16)15(10-17)18-8-7-12-3-2-4-12/h5-6,9,12,15,18H,2-4,7-8,10,17H2,1H3. The van der Waals surface area contributed by atoms with Gasteiger partial charge in [-0.15, -0.1) is 0 Å². The molecule has 3 N–H and O–H groups in total. The summed E-state index contributed by atoms with van der Waals surface area (Å²) in [6.45, 7) is 3.26. The zero-order valence-electron chi connectivity index (χ0n) is 11.1. The van der Waals surface area contributed by atoms with Crippen molar-refractivity contribution < 1.29 is 4.39 Å². The first-order chi connectivity index (χ1) is 8.70. The quantitative estimate of drug-likeness (QED) is 0.814. The third kappa shape index (κ3) is 3.30. The molecule has 0 aromatic heterocycles. The zero-order chi connectivity index (χ0) is 13.0. The molecule has 0 heterocycles. The summed E-state index contributed by atoms with van der Waals surface area (Å²) >= 11 is 0. The van der Waals surface area contributed by atoms with Gasteiger partial charge < -0.3 is 11.1 Å². The average molecular weight is 250 g/mol. The predicted octanol–water partition coefficient (Wildman–Crippen LogP) is 2.91. The Bertz CT molecular complexity index is 388. The van der Waals surface area contributed by atoms with Crippen LogP contribution >= 0.6 is 0 Å². The van der Waals surface area contributed by atoms with Crippen molar-refractivity contribution in [3.05, 3.63) is 35.1 Å². The molecule has 1 aromatic rings. The summed E-state index contributed by atoms with van der Waals surface area (Å²) in [5.74, 6) is 0.748. The fourth-order valence-electron chi connectivity index (χ4n) is 2.41. The summed E-state index contributed by atoms with van der Waals surface area (Å²) in [5, 5.41) is 3.44. The molecule has 0 saturated heterocycles. The highest BCUT2D eigenvalue weighted by Crippen LogP contribution is 2.29. The molecule has 1 unspecified atom stereocenters. The van der Waals surface area contributed by atoms with Crippen LogP contribution in [-0.2, 0) is 0 Å². The van der Waals surface area contributed by atoms with E-state index in [-0.39, 0.29) is 11.9 Å². The van der Waals surface area contributed by atoms with Crippen molar-refractivity contribution in [1.29, 1.82) is 0 Å². The molecule has 1 aromatic carbocycles. The van der Waals surface area contributed by atoms with E-state index in [0.717, 1.165) is 18.0 Å². The van der Waals surface area contributed by atoms with Gasteiger partial charge in [0, 0.05) is 12.6 Å². The molecular formula is C15H23FN2. The molecule has 18 heavy (non-hydrogen) atoms. The van der Waals surface area contributed by atoms with Crippen molar-refractivity contribution in [2.75, 3.05) is 13.1 Å². The number of halogens is 1. The smallest absolute Gasteiger partial charge is 0.126 e. The fourth-order valence-corrected chi connectivity index (χ4v) is 2.41. The third-order valence-corrected chi connectivity index (χ3v) is 4.00. The molecule has 2 nitrogen and oxygen atoms in total. The summed E-state index contributed by atoms with van der Waals surface area (Å²) in [6.07, 6.45) is 5.33.